The number of sulfonamides is 1. The molecule has 1 amide bonds. The fraction of sp³-hybridized carbons (Fsp3) is 0.455. The van der Waals surface area contributed by atoms with Gasteiger partial charge in [0.1, 0.15) is 10.7 Å². The number of aromatic nitrogens is 1. The molecule has 3 aliphatic rings. The molecule has 2 fully saturated rings. The summed E-state index contributed by atoms with van der Waals surface area (Å²) >= 11 is 0. The zero-order valence-corrected chi connectivity index (χ0v) is 18.5. The lowest BCUT2D eigenvalue weighted by Gasteiger charge is -2.32. The Kier molecular flexibility index (Phi) is 5.64. The van der Waals surface area contributed by atoms with Crippen LogP contribution in [-0.4, -0.2) is 56.6 Å². The lowest BCUT2D eigenvalue weighted by atomic mass is 9.95. The number of nitrogens with zero attached hydrogens (tertiary/aromatic N) is 3. The van der Waals surface area contributed by atoms with Crippen LogP contribution < -0.4 is 19.7 Å². The van der Waals surface area contributed by atoms with Crippen molar-refractivity contribution >= 4 is 27.4 Å². The van der Waals surface area contributed by atoms with Crippen LogP contribution in [0.5, 0.6) is 11.5 Å². The van der Waals surface area contributed by atoms with E-state index in [-0.39, 0.29) is 23.5 Å². The summed E-state index contributed by atoms with van der Waals surface area (Å²) < 4.78 is 37.5. The molecule has 9 nitrogen and oxygen atoms in total. The Morgan fingerprint density at radius 2 is 1.75 bits per heavy atom. The maximum atomic E-state index is 12.7. The van der Waals surface area contributed by atoms with Crippen molar-refractivity contribution < 1.29 is 22.7 Å². The van der Waals surface area contributed by atoms with E-state index < -0.39 is 10.0 Å². The van der Waals surface area contributed by atoms with E-state index >= 15 is 0 Å². The first-order valence-electron chi connectivity index (χ1n) is 10.9. The van der Waals surface area contributed by atoms with Gasteiger partial charge in [0, 0.05) is 50.0 Å². The van der Waals surface area contributed by atoms with Crippen LogP contribution in [0.25, 0.3) is 0 Å². The van der Waals surface area contributed by atoms with Gasteiger partial charge in [0.05, 0.1) is 0 Å². The molecule has 2 saturated heterocycles. The second kappa shape index (κ2) is 8.59. The first-order valence-corrected chi connectivity index (χ1v) is 12.4. The molecule has 0 spiro atoms. The third kappa shape index (κ3) is 4.12. The Morgan fingerprint density at radius 1 is 1.00 bits per heavy atom. The zero-order valence-electron chi connectivity index (χ0n) is 17.7. The highest BCUT2D eigenvalue weighted by molar-refractivity contribution is 7.89. The van der Waals surface area contributed by atoms with Crippen molar-refractivity contribution in [3.8, 4) is 11.5 Å². The molecule has 1 aromatic carbocycles. The predicted octanol–water partition coefficient (Wildman–Crippen LogP) is 2.45. The van der Waals surface area contributed by atoms with Crippen LogP contribution in [0.3, 0.4) is 0 Å². The number of hydrogen-bond acceptors (Lipinski definition) is 7. The van der Waals surface area contributed by atoms with E-state index in [0.29, 0.717) is 56.2 Å². The van der Waals surface area contributed by atoms with E-state index in [2.05, 4.69) is 15.2 Å². The van der Waals surface area contributed by atoms with Crippen LogP contribution in [0.1, 0.15) is 25.7 Å². The van der Waals surface area contributed by atoms with Gasteiger partial charge in [-0.2, -0.15) is 4.31 Å². The standard InChI is InChI=1S/C22H26N4O5S/c27-22(24-17-3-5-19-20(13-17)31-15-30-19)16-7-11-25(12-8-16)21-6-4-18(14-23-21)32(28,29)26-9-1-2-10-26/h3-6,13-14,16H,1-2,7-12,15H2,(H,24,27). The average molecular weight is 459 g/mol. The topological polar surface area (TPSA) is 101 Å². The Morgan fingerprint density at radius 3 is 2.47 bits per heavy atom. The molecule has 0 atom stereocenters. The second-order valence-electron chi connectivity index (χ2n) is 8.28. The Bertz CT molecular complexity index is 1090. The SMILES string of the molecule is O=C(Nc1ccc2c(c1)OCO2)C1CCN(c2ccc(S(=O)(=O)N3CCCC3)cn2)CC1. The van der Waals surface area contributed by atoms with Crippen molar-refractivity contribution in [1.82, 2.24) is 9.29 Å². The molecular formula is C22H26N4O5S. The number of fused-ring (bicyclic) bond motifs is 1. The highest BCUT2D eigenvalue weighted by atomic mass is 32.2. The van der Waals surface area contributed by atoms with Gasteiger partial charge in [0.2, 0.25) is 22.7 Å². The minimum Gasteiger partial charge on any atom is -0.454 e. The maximum absolute atomic E-state index is 12.7. The van der Waals surface area contributed by atoms with Gasteiger partial charge in [-0.1, -0.05) is 0 Å². The van der Waals surface area contributed by atoms with Crippen LogP contribution in [0.4, 0.5) is 11.5 Å². The van der Waals surface area contributed by atoms with E-state index in [9.17, 15) is 13.2 Å². The van der Waals surface area contributed by atoms with Crippen LogP contribution in [0.2, 0.25) is 0 Å². The summed E-state index contributed by atoms with van der Waals surface area (Å²) in [5, 5.41) is 2.97. The zero-order chi connectivity index (χ0) is 22.1. The summed E-state index contributed by atoms with van der Waals surface area (Å²) in [6, 6.07) is 8.77. The molecule has 4 heterocycles. The number of anilines is 2. The number of carbonyl (C=O) groups is 1. The van der Waals surface area contributed by atoms with E-state index in [1.807, 2.05) is 6.07 Å². The highest BCUT2D eigenvalue weighted by Gasteiger charge is 2.29. The second-order valence-corrected chi connectivity index (χ2v) is 10.2. The van der Waals surface area contributed by atoms with Crippen molar-refractivity contribution in [3.05, 3.63) is 36.5 Å². The van der Waals surface area contributed by atoms with Crippen molar-refractivity contribution in [2.24, 2.45) is 5.92 Å². The summed E-state index contributed by atoms with van der Waals surface area (Å²) in [4.78, 5) is 19.4. The fourth-order valence-electron chi connectivity index (χ4n) is 4.38. The molecule has 32 heavy (non-hydrogen) atoms. The molecule has 10 heteroatoms. The van der Waals surface area contributed by atoms with Gasteiger partial charge in [-0.3, -0.25) is 4.79 Å². The number of carbonyl (C=O) groups excluding carboxylic acids is 1. The number of piperidine rings is 1. The summed E-state index contributed by atoms with van der Waals surface area (Å²) in [5.74, 6) is 1.96. The number of amides is 1. The maximum Gasteiger partial charge on any atom is 0.244 e. The molecule has 0 unspecified atom stereocenters. The molecule has 5 rings (SSSR count). The van der Waals surface area contributed by atoms with Crippen LogP contribution in [-0.2, 0) is 14.8 Å². The summed E-state index contributed by atoms with van der Waals surface area (Å²) in [7, 11) is -3.46. The molecule has 0 saturated carbocycles. The van der Waals surface area contributed by atoms with E-state index in [4.69, 9.17) is 9.47 Å². The normalized spacial score (nSPS) is 19.3. The van der Waals surface area contributed by atoms with Crippen LogP contribution >= 0.6 is 0 Å². The minimum absolute atomic E-state index is 0.0106. The summed E-state index contributed by atoms with van der Waals surface area (Å²) in [6.45, 7) is 2.72. The molecule has 0 radical (unpaired) electrons. The van der Waals surface area contributed by atoms with E-state index in [1.54, 1.807) is 24.3 Å². The van der Waals surface area contributed by atoms with Crippen molar-refractivity contribution in [1.29, 1.82) is 0 Å². The molecule has 2 aromatic rings. The van der Waals surface area contributed by atoms with Crippen molar-refractivity contribution in [2.45, 2.75) is 30.6 Å². The summed E-state index contributed by atoms with van der Waals surface area (Å²) in [6.07, 6.45) is 4.66. The third-order valence-corrected chi connectivity index (χ3v) is 8.14. The minimum atomic E-state index is -3.46. The van der Waals surface area contributed by atoms with Gasteiger partial charge in [-0.25, -0.2) is 13.4 Å². The van der Waals surface area contributed by atoms with Gasteiger partial charge < -0.3 is 19.7 Å². The first kappa shape index (κ1) is 21.0. The third-order valence-electron chi connectivity index (χ3n) is 6.25. The molecule has 170 valence electrons. The molecule has 0 bridgehead atoms. The molecule has 1 N–H and O–H groups in total. The molecule has 0 aliphatic carbocycles. The number of pyridine rings is 1. The smallest absolute Gasteiger partial charge is 0.244 e. The quantitative estimate of drug-likeness (QED) is 0.734. The van der Waals surface area contributed by atoms with E-state index in [1.165, 1.54) is 10.5 Å². The Hall–Kier alpha value is -2.85. The highest BCUT2D eigenvalue weighted by Crippen LogP contribution is 2.34. The van der Waals surface area contributed by atoms with Gasteiger partial charge in [0.15, 0.2) is 11.5 Å². The van der Waals surface area contributed by atoms with Gasteiger partial charge in [-0.15, -0.1) is 0 Å². The average Bonchev–Trinajstić information content (AvgIpc) is 3.52. The first-order chi connectivity index (χ1) is 15.5. The predicted molar refractivity (Wildman–Crippen MR) is 118 cm³/mol. The number of ether oxygens (including phenoxy) is 2. The van der Waals surface area contributed by atoms with Gasteiger partial charge in [0.25, 0.3) is 0 Å². The monoisotopic (exact) mass is 458 g/mol. The fourth-order valence-corrected chi connectivity index (χ4v) is 5.84. The lowest BCUT2D eigenvalue weighted by molar-refractivity contribution is -0.120. The molecular weight excluding hydrogens is 432 g/mol. The number of rotatable bonds is 5. The van der Waals surface area contributed by atoms with Crippen LogP contribution in [0, 0.1) is 5.92 Å². The van der Waals surface area contributed by atoms with Crippen molar-refractivity contribution in [2.75, 3.05) is 43.2 Å². The lowest BCUT2D eigenvalue weighted by Crippen LogP contribution is -2.38. The number of nitrogens with one attached hydrogen (secondary N) is 1. The number of benzene rings is 1. The molecule has 3 aliphatic heterocycles. The van der Waals surface area contributed by atoms with Crippen LogP contribution in [0.15, 0.2) is 41.4 Å². The molecule has 1 aromatic heterocycles. The van der Waals surface area contributed by atoms with Crippen molar-refractivity contribution in [3.63, 3.8) is 0 Å². The van der Waals surface area contributed by atoms with E-state index in [0.717, 1.165) is 18.7 Å². The van der Waals surface area contributed by atoms with Gasteiger partial charge in [-0.05, 0) is 49.9 Å². The van der Waals surface area contributed by atoms with Gasteiger partial charge >= 0.3 is 0 Å². The Labute approximate surface area is 187 Å². The summed E-state index contributed by atoms with van der Waals surface area (Å²) in [5.41, 5.74) is 0.693. The number of hydrogen-bond donors (Lipinski definition) is 1. The Balaban J connectivity index is 1.17. The largest absolute Gasteiger partial charge is 0.454 e.